The number of nitrogens with zero attached hydrogens (tertiary/aromatic N) is 2. The normalized spacial score (nSPS) is 10.8. The van der Waals surface area contributed by atoms with Crippen molar-refractivity contribution in [2.45, 2.75) is 12.8 Å². The number of aryl methyl sites for hydroxylation is 1. The van der Waals surface area contributed by atoms with Gasteiger partial charge >= 0.3 is 5.69 Å². The third-order valence-electron chi connectivity index (χ3n) is 3.77. The van der Waals surface area contributed by atoms with Crippen molar-refractivity contribution in [2.24, 2.45) is 14.1 Å². The Kier molecular flexibility index (Phi) is 6.31. The van der Waals surface area contributed by atoms with Crippen LogP contribution < -0.4 is 21.3 Å². The number of hydrogen-bond acceptors (Lipinski definition) is 4. The third-order valence-corrected chi connectivity index (χ3v) is 3.77. The average molecular weight is 335 g/mol. The summed E-state index contributed by atoms with van der Waals surface area (Å²) in [7, 11) is 3.14. The minimum absolute atomic E-state index is 0.284. The van der Waals surface area contributed by atoms with Crippen LogP contribution in [0.1, 0.15) is 12.1 Å². The van der Waals surface area contributed by atoms with E-state index in [1.165, 1.54) is 29.8 Å². The summed E-state index contributed by atoms with van der Waals surface area (Å²) in [5.74, 6) is 0.346. The molecule has 24 heavy (non-hydrogen) atoms. The van der Waals surface area contributed by atoms with Crippen molar-refractivity contribution in [3.8, 4) is 5.75 Å². The van der Waals surface area contributed by atoms with Gasteiger partial charge in [-0.25, -0.2) is 9.18 Å². The first-order chi connectivity index (χ1) is 11.5. The predicted molar refractivity (Wildman–Crippen MR) is 90.0 cm³/mol. The van der Waals surface area contributed by atoms with Gasteiger partial charge in [-0.3, -0.25) is 9.36 Å². The minimum atomic E-state index is -0.307. The van der Waals surface area contributed by atoms with Crippen molar-refractivity contribution in [3.05, 3.63) is 62.7 Å². The molecule has 0 fully saturated rings. The Bertz CT molecular complexity index is 781. The summed E-state index contributed by atoms with van der Waals surface area (Å²) >= 11 is 0. The fraction of sp³-hybridized carbons (Fsp3) is 0.412. The Morgan fingerprint density at radius 1 is 1.08 bits per heavy atom. The van der Waals surface area contributed by atoms with Gasteiger partial charge in [0.25, 0.3) is 5.56 Å². The molecule has 0 amide bonds. The van der Waals surface area contributed by atoms with Crippen LogP contribution in [-0.2, 0) is 20.5 Å². The highest BCUT2D eigenvalue weighted by atomic mass is 19.1. The van der Waals surface area contributed by atoms with Crippen LogP contribution in [0, 0.1) is 5.82 Å². The van der Waals surface area contributed by atoms with E-state index in [1.54, 1.807) is 19.2 Å². The van der Waals surface area contributed by atoms with Crippen LogP contribution in [0.2, 0.25) is 0 Å². The first-order valence-corrected chi connectivity index (χ1v) is 7.84. The fourth-order valence-electron chi connectivity index (χ4n) is 2.31. The molecule has 2 rings (SSSR count). The number of halogens is 1. The lowest BCUT2D eigenvalue weighted by Crippen LogP contribution is -2.38. The van der Waals surface area contributed by atoms with Crippen LogP contribution in [0.4, 0.5) is 4.39 Å². The van der Waals surface area contributed by atoms with E-state index in [4.69, 9.17) is 4.74 Å². The topological polar surface area (TPSA) is 65.3 Å². The number of hydrogen-bond donors (Lipinski definition) is 1. The molecular formula is C17H22FN3O3. The molecule has 0 atom stereocenters. The summed E-state index contributed by atoms with van der Waals surface area (Å²) in [6.07, 6.45) is 1.45. The molecule has 0 saturated heterocycles. The Balaban J connectivity index is 1.68. The summed E-state index contributed by atoms with van der Waals surface area (Å²) in [6, 6.07) is 7.39. The summed E-state index contributed by atoms with van der Waals surface area (Å²) < 4.78 is 20.8. The molecule has 7 heteroatoms. The van der Waals surface area contributed by atoms with Gasteiger partial charge in [-0.05, 0) is 43.7 Å². The molecule has 1 N–H and O–H groups in total. The molecule has 0 aliphatic carbocycles. The fourth-order valence-corrected chi connectivity index (χ4v) is 2.31. The van der Waals surface area contributed by atoms with Gasteiger partial charge in [0.15, 0.2) is 0 Å². The summed E-state index contributed by atoms with van der Waals surface area (Å²) in [4.78, 5) is 23.4. The third kappa shape index (κ3) is 4.79. The molecule has 0 saturated carbocycles. The number of benzene rings is 1. The number of nitrogens with one attached hydrogen (secondary N) is 1. The molecule has 1 heterocycles. The van der Waals surface area contributed by atoms with E-state index in [0.29, 0.717) is 25.3 Å². The van der Waals surface area contributed by atoms with Crippen molar-refractivity contribution in [1.82, 2.24) is 14.5 Å². The van der Waals surface area contributed by atoms with Gasteiger partial charge in [-0.15, -0.1) is 0 Å². The van der Waals surface area contributed by atoms with E-state index in [1.807, 2.05) is 0 Å². The second-order valence-corrected chi connectivity index (χ2v) is 5.53. The van der Waals surface area contributed by atoms with Gasteiger partial charge < -0.3 is 14.6 Å². The smallest absolute Gasteiger partial charge is 0.330 e. The zero-order valence-corrected chi connectivity index (χ0v) is 13.9. The van der Waals surface area contributed by atoms with Gasteiger partial charge in [0.1, 0.15) is 18.2 Å². The van der Waals surface area contributed by atoms with E-state index < -0.39 is 0 Å². The van der Waals surface area contributed by atoms with Crippen molar-refractivity contribution in [1.29, 1.82) is 0 Å². The van der Waals surface area contributed by atoms with E-state index in [-0.39, 0.29) is 17.1 Å². The first-order valence-electron chi connectivity index (χ1n) is 7.84. The molecule has 1 aromatic heterocycles. The largest absolute Gasteiger partial charge is 0.492 e. The predicted octanol–water partition coefficient (Wildman–Crippen LogP) is 0.824. The maximum absolute atomic E-state index is 12.7. The molecule has 0 aliphatic heterocycles. The summed E-state index contributed by atoms with van der Waals surface area (Å²) in [6.45, 7) is 1.89. The van der Waals surface area contributed by atoms with Gasteiger partial charge in [-0.1, -0.05) is 0 Å². The molecule has 0 spiro atoms. The Labute approximate surface area is 139 Å². The molecule has 0 radical (unpaired) electrons. The molecule has 0 bridgehead atoms. The lowest BCUT2D eigenvalue weighted by molar-refractivity contribution is 0.313. The highest BCUT2D eigenvalue weighted by molar-refractivity contribution is 5.21. The zero-order valence-electron chi connectivity index (χ0n) is 13.9. The molecular weight excluding hydrogens is 313 g/mol. The van der Waals surface area contributed by atoms with E-state index in [0.717, 1.165) is 23.2 Å². The lowest BCUT2D eigenvalue weighted by atomic mass is 10.2. The Hall–Kier alpha value is -2.41. The van der Waals surface area contributed by atoms with E-state index in [2.05, 4.69) is 5.32 Å². The lowest BCUT2D eigenvalue weighted by Gasteiger charge is -2.10. The maximum atomic E-state index is 12.7. The van der Waals surface area contributed by atoms with Crippen LogP contribution in [0.25, 0.3) is 0 Å². The summed E-state index contributed by atoms with van der Waals surface area (Å²) in [5, 5.41) is 3.23. The molecule has 130 valence electrons. The van der Waals surface area contributed by atoms with Crippen LogP contribution in [0.3, 0.4) is 0 Å². The standard InChI is InChI=1S/C17H22FN3O3/c1-20-14(12-16(22)21(2)17(20)23)4-3-9-19-10-11-24-15-7-5-13(18)6-8-15/h5-8,12,19H,3-4,9-11H2,1-2H3. The molecule has 0 aliphatic rings. The Morgan fingerprint density at radius 2 is 1.79 bits per heavy atom. The highest BCUT2D eigenvalue weighted by Crippen LogP contribution is 2.10. The van der Waals surface area contributed by atoms with Gasteiger partial charge in [0.2, 0.25) is 0 Å². The van der Waals surface area contributed by atoms with Crippen LogP contribution in [0.15, 0.2) is 39.9 Å². The second kappa shape index (κ2) is 8.44. The van der Waals surface area contributed by atoms with Crippen LogP contribution in [-0.4, -0.2) is 28.8 Å². The second-order valence-electron chi connectivity index (χ2n) is 5.53. The van der Waals surface area contributed by atoms with Crippen molar-refractivity contribution >= 4 is 0 Å². The van der Waals surface area contributed by atoms with Gasteiger partial charge in [0.05, 0.1) is 0 Å². The number of aromatic nitrogens is 2. The number of rotatable bonds is 8. The van der Waals surface area contributed by atoms with Crippen molar-refractivity contribution < 1.29 is 9.13 Å². The van der Waals surface area contributed by atoms with Crippen LogP contribution >= 0.6 is 0 Å². The maximum Gasteiger partial charge on any atom is 0.330 e. The molecule has 0 unspecified atom stereocenters. The Morgan fingerprint density at radius 3 is 2.50 bits per heavy atom. The van der Waals surface area contributed by atoms with Gasteiger partial charge in [0, 0.05) is 32.4 Å². The van der Waals surface area contributed by atoms with Gasteiger partial charge in [-0.2, -0.15) is 0 Å². The van der Waals surface area contributed by atoms with Crippen molar-refractivity contribution in [3.63, 3.8) is 0 Å². The average Bonchev–Trinajstić information content (AvgIpc) is 2.58. The van der Waals surface area contributed by atoms with Crippen LogP contribution in [0.5, 0.6) is 5.75 Å². The minimum Gasteiger partial charge on any atom is -0.492 e. The summed E-state index contributed by atoms with van der Waals surface area (Å²) in [5.41, 5.74) is 0.138. The zero-order chi connectivity index (χ0) is 17.5. The van der Waals surface area contributed by atoms with E-state index in [9.17, 15) is 14.0 Å². The monoisotopic (exact) mass is 335 g/mol. The molecule has 2 aromatic rings. The molecule has 1 aromatic carbocycles. The molecule has 6 nitrogen and oxygen atoms in total. The first kappa shape index (κ1) is 17.9. The quantitative estimate of drug-likeness (QED) is 0.726. The van der Waals surface area contributed by atoms with Crippen molar-refractivity contribution in [2.75, 3.05) is 19.7 Å². The van der Waals surface area contributed by atoms with E-state index >= 15 is 0 Å². The highest BCUT2D eigenvalue weighted by Gasteiger charge is 2.05. The number of ether oxygens (including phenoxy) is 1. The SMILES string of the molecule is Cn1c(CCCNCCOc2ccc(F)cc2)cc(=O)n(C)c1=O.